The van der Waals surface area contributed by atoms with Crippen molar-refractivity contribution in [2.45, 2.75) is 209 Å². The molecule has 506 valence electrons. The van der Waals surface area contributed by atoms with Crippen molar-refractivity contribution < 1.29 is 0 Å². The molecule has 0 radical (unpaired) electrons. The van der Waals surface area contributed by atoms with Crippen molar-refractivity contribution >= 4 is 117 Å². The average molecular weight is 1350 g/mol. The number of benzene rings is 10. The number of fused-ring (bicyclic) bond motifs is 8. The highest BCUT2D eigenvalue weighted by Gasteiger charge is 2.30. The van der Waals surface area contributed by atoms with Crippen LogP contribution in [0, 0.1) is 0 Å². The van der Waals surface area contributed by atoms with Crippen molar-refractivity contribution in [1.29, 1.82) is 0 Å². The molecule has 15 rings (SSSR count). The van der Waals surface area contributed by atoms with Gasteiger partial charge in [-0.05, 0) is 216 Å². The van der Waals surface area contributed by atoms with Gasteiger partial charge in [0.2, 0.25) is 0 Å². The van der Waals surface area contributed by atoms with E-state index in [1.54, 1.807) is 0 Å². The first-order valence-corrected chi connectivity index (χ1v) is 38.0. The smallest absolute Gasteiger partial charge is 0.0810 e. The highest BCUT2D eigenvalue weighted by Crippen LogP contribution is 2.53. The fourth-order valence-electron chi connectivity index (χ4n) is 15.1. The van der Waals surface area contributed by atoms with Crippen LogP contribution in [0.1, 0.15) is 211 Å². The normalized spacial score (nSPS) is 13.6. The Morgan fingerprint density at radius 1 is 0.220 bits per heavy atom. The molecule has 0 amide bonds. The van der Waals surface area contributed by atoms with Crippen molar-refractivity contribution in [3.63, 3.8) is 0 Å². The van der Waals surface area contributed by atoms with E-state index in [0.717, 1.165) is 38.2 Å². The summed E-state index contributed by atoms with van der Waals surface area (Å²) in [5.74, 6) is 0. The van der Waals surface area contributed by atoms with Crippen LogP contribution in [0.15, 0.2) is 170 Å². The van der Waals surface area contributed by atoms with Crippen LogP contribution in [0.3, 0.4) is 0 Å². The van der Waals surface area contributed by atoms with Crippen molar-refractivity contribution in [2.75, 3.05) is 0 Å². The van der Waals surface area contributed by atoms with Gasteiger partial charge in [-0.3, -0.25) is 0 Å². The minimum absolute atomic E-state index is 0.0737. The minimum atomic E-state index is -0.111. The molecule has 0 atom stereocenters. The largest absolute Gasteiger partial charge is 0.246 e. The molecule has 0 aliphatic carbocycles. The maximum Gasteiger partial charge on any atom is 0.0810 e. The fourth-order valence-corrected chi connectivity index (χ4v) is 17.3. The first kappa shape index (κ1) is 67.5. The third kappa shape index (κ3) is 11.8. The molecule has 0 aliphatic rings. The second kappa shape index (κ2) is 22.6. The van der Waals surface area contributed by atoms with Crippen LogP contribution in [0.5, 0.6) is 0 Å². The summed E-state index contributed by atoms with van der Waals surface area (Å²) in [6.07, 6.45) is 0. The van der Waals surface area contributed by atoms with Gasteiger partial charge in [0.25, 0.3) is 0 Å². The molecule has 0 spiro atoms. The SMILES string of the molecule is CC(C)(C)c1cc(-c2cc3c4ccc(s4)c4cc(-c5cc(C(C)(C)C)cc(C(C)(C)C)c5)cc5c6cc(-c7cc(C(C)(C)C)cc(C(C)(C)C)c7)c7c(-c8ccccc8)cc8cc(sc8c7c6nc45)c4cc(-c5cc(C(C)(C)C)cc(C(C)(C)C)c5)cc5c(c2)c3nc45)cc(C(C)(C)C)c1. The van der Waals surface area contributed by atoms with E-state index in [2.05, 4.69) is 336 Å². The van der Waals surface area contributed by atoms with Crippen LogP contribution in [-0.4, -0.2) is 9.97 Å². The number of hydrogen-bond acceptors (Lipinski definition) is 4. The quantitative estimate of drug-likeness (QED) is 0.172. The van der Waals surface area contributed by atoms with E-state index in [-0.39, 0.29) is 43.3 Å². The van der Waals surface area contributed by atoms with Crippen molar-refractivity contribution in [3.8, 4) is 55.6 Å². The zero-order chi connectivity index (χ0) is 71.4. The summed E-state index contributed by atoms with van der Waals surface area (Å²) < 4.78 is 4.79. The molecule has 0 saturated carbocycles. The Morgan fingerprint density at radius 3 is 0.860 bits per heavy atom. The Balaban J connectivity index is 1.21. The average Bonchev–Trinajstić information content (AvgIpc) is 1.51. The molecule has 15 aromatic rings. The number of nitrogens with zero attached hydrogens (tertiary/aromatic N) is 2. The Kier molecular flexibility index (Phi) is 15.3. The first-order valence-electron chi connectivity index (χ1n) is 36.4. The van der Waals surface area contributed by atoms with Crippen molar-refractivity contribution in [2.24, 2.45) is 0 Å². The van der Waals surface area contributed by atoms with Crippen molar-refractivity contribution in [3.05, 3.63) is 214 Å². The molecule has 0 aliphatic heterocycles. The molecule has 10 aromatic carbocycles. The molecule has 0 saturated heterocycles. The third-order valence-electron chi connectivity index (χ3n) is 21.7. The zero-order valence-corrected chi connectivity index (χ0v) is 65.5. The highest BCUT2D eigenvalue weighted by molar-refractivity contribution is 7.26. The minimum Gasteiger partial charge on any atom is -0.246 e. The van der Waals surface area contributed by atoms with Crippen LogP contribution >= 0.6 is 22.7 Å². The van der Waals surface area contributed by atoms with Crippen LogP contribution in [0.2, 0.25) is 0 Å². The number of hydrogen-bond donors (Lipinski definition) is 0. The third-order valence-corrected chi connectivity index (χ3v) is 24.0. The van der Waals surface area contributed by atoms with E-state index in [0.29, 0.717) is 0 Å². The van der Waals surface area contributed by atoms with Gasteiger partial charge >= 0.3 is 0 Å². The lowest BCUT2D eigenvalue weighted by atomic mass is 9.78. The van der Waals surface area contributed by atoms with E-state index < -0.39 is 0 Å². The molecular weight excluding hydrogens is 1250 g/mol. The van der Waals surface area contributed by atoms with Gasteiger partial charge in [0.15, 0.2) is 0 Å². The number of aromatic nitrogens is 2. The molecule has 5 heterocycles. The summed E-state index contributed by atoms with van der Waals surface area (Å²) in [6.45, 7) is 56.6. The van der Waals surface area contributed by atoms with Gasteiger partial charge in [-0.1, -0.05) is 269 Å². The van der Waals surface area contributed by atoms with Crippen molar-refractivity contribution in [1.82, 2.24) is 9.97 Å². The Hall–Kier alpha value is -8.28. The topological polar surface area (TPSA) is 25.8 Å². The summed E-state index contributed by atoms with van der Waals surface area (Å²) in [5.41, 5.74) is 26.2. The molecule has 0 fully saturated rings. The lowest BCUT2D eigenvalue weighted by Crippen LogP contribution is -2.16. The van der Waals surface area contributed by atoms with Crippen LogP contribution in [0.25, 0.3) is 150 Å². The molecule has 0 unspecified atom stereocenters. The summed E-state index contributed by atoms with van der Waals surface area (Å²) in [4.78, 5) is 12.3. The van der Waals surface area contributed by atoms with Gasteiger partial charge in [-0.2, -0.15) is 0 Å². The van der Waals surface area contributed by atoms with Gasteiger partial charge in [0.1, 0.15) is 0 Å². The number of thiophene rings is 2. The standard InChI is InChI=1S/C96H100N2S2/c1-89(2,3)62-32-54(33-63(48-62)90(4,5)6)57-40-72-73-41-59(56-36-66(93(13,14)15)50-67(37-56)94(16,17)18)45-78-81-47-61-46-70(53-28-26-25-27-29-53)82-71(60-38-68(95(19,20)21)51-69(39-60)96(22,23)24)52-75-74-42-58(55-34-64(91(7,8)9)49-65(35-55)92(10,11)12)44-77(85(74)98-87(75)83(82)88(61)100-81)80-31-30-79(99-80)76(43-57)84(72)97-86(73)78/h25-52H,1-24H3. The molecule has 0 N–H and O–H groups in total. The summed E-state index contributed by atoms with van der Waals surface area (Å²) in [7, 11) is 0. The van der Waals surface area contributed by atoms with Gasteiger partial charge in [0, 0.05) is 67.3 Å². The molecular formula is C96H100N2S2. The van der Waals surface area contributed by atoms with Crippen LogP contribution < -0.4 is 0 Å². The maximum atomic E-state index is 6.22. The highest BCUT2D eigenvalue weighted by atomic mass is 32.1. The molecule has 100 heavy (non-hydrogen) atoms. The van der Waals surface area contributed by atoms with E-state index >= 15 is 0 Å². The molecule has 5 aromatic heterocycles. The van der Waals surface area contributed by atoms with E-state index in [1.165, 1.54) is 157 Å². The first-order chi connectivity index (χ1) is 46.5. The predicted molar refractivity (Wildman–Crippen MR) is 443 cm³/mol. The van der Waals surface area contributed by atoms with Gasteiger partial charge in [-0.25, -0.2) is 9.97 Å². The summed E-state index contributed by atoms with van der Waals surface area (Å²) >= 11 is 3.80. The predicted octanol–water partition coefficient (Wildman–Crippen LogP) is 29.1. The van der Waals surface area contributed by atoms with Crippen LogP contribution in [-0.2, 0) is 43.3 Å². The summed E-state index contributed by atoms with van der Waals surface area (Å²) in [5, 5.41) is 11.7. The summed E-state index contributed by atoms with van der Waals surface area (Å²) in [6, 6.07) is 68.2. The Bertz CT molecular complexity index is 5760. The van der Waals surface area contributed by atoms with E-state index in [4.69, 9.17) is 9.97 Å². The Labute approximate surface area is 602 Å². The fraction of sp³-hybridized carbons (Fsp3) is 0.333. The van der Waals surface area contributed by atoms with E-state index in [9.17, 15) is 0 Å². The lowest BCUT2D eigenvalue weighted by molar-refractivity contribution is 0.568. The van der Waals surface area contributed by atoms with Gasteiger partial charge in [0.05, 0.1) is 22.1 Å². The van der Waals surface area contributed by atoms with Gasteiger partial charge in [-0.15, -0.1) is 22.7 Å². The monoisotopic (exact) mass is 1340 g/mol. The number of rotatable bonds is 5. The maximum absolute atomic E-state index is 6.22. The lowest BCUT2D eigenvalue weighted by Gasteiger charge is -2.27. The van der Waals surface area contributed by atoms with Crippen LogP contribution in [0.4, 0.5) is 0 Å². The second-order valence-corrected chi connectivity index (χ2v) is 39.9. The second-order valence-electron chi connectivity index (χ2n) is 37.7. The molecule has 2 nitrogen and oxygen atoms in total. The van der Waals surface area contributed by atoms with Gasteiger partial charge < -0.3 is 0 Å². The zero-order valence-electron chi connectivity index (χ0n) is 63.9. The molecule has 8 bridgehead atoms. The van der Waals surface area contributed by atoms with E-state index in [1.807, 2.05) is 22.7 Å². The Morgan fingerprint density at radius 2 is 0.510 bits per heavy atom. The molecule has 4 heteroatoms.